The first-order valence-electron chi connectivity index (χ1n) is 8.33. The molecular formula is C19H13BrF3NO4. The van der Waals surface area contributed by atoms with Crippen LogP contribution in [0.4, 0.5) is 18.9 Å². The topological polar surface area (TPSA) is 55.8 Å². The van der Waals surface area contributed by atoms with Crippen molar-refractivity contribution in [1.29, 1.82) is 0 Å². The van der Waals surface area contributed by atoms with E-state index < -0.39 is 41.3 Å². The van der Waals surface area contributed by atoms with Crippen LogP contribution in [-0.4, -0.2) is 31.4 Å². The Balaban J connectivity index is 1.72. The molecule has 0 saturated carbocycles. The van der Waals surface area contributed by atoms with E-state index in [4.69, 9.17) is 9.47 Å². The summed E-state index contributed by atoms with van der Waals surface area (Å²) in [5.41, 5.74) is -0.740. The molecule has 0 aromatic heterocycles. The van der Waals surface area contributed by atoms with Crippen LogP contribution in [0.5, 0.6) is 0 Å². The lowest BCUT2D eigenvalue weighted by Gasteiger charge is -2.22. The summed E-state index contributed by atoms with van der Waals surface area (Å²) >= 11 is 3.32. The number of benzene rings is 2. The van der Waals surface area contributed by atoms with Gasteiger partial charge in [-0.1, -0.05) is 34.1 Å². The Kier molecular flexibility index (Phi) is 4.56. The number of carbonyl (C=O) groups excluding carboxylic acids is 2. The molecule has 2 aromatic rings. The number of Topliss-reactive ketones (excluding diaryl/α,β-unsaturated/α-hetero) is 1. The lowest BCUT2D eigenvalue weighted by Crippen LogP contribution is -2.43. The van der Waals surface area contributed by atoms with Crippen LogP contribution in [0.15, 0.2) is 46.9 Å². The summed E-state index contributed by atoms with van der Waals surface area (Å²) in [6.45, 7) is -0.179. The number of anilines is 1. The standard InChI is InChI=1S/C19H13BrF3NO4/c20-11-5-6-15-14(9-11)18(27-7-8-28-18)17(26)24(15)10-16(25)12-3-1-2-4-13(12)19(21,22)23/h1-6,9H,7-8,10H2. The molecule has 0 N–H and O–H groups in total. The van der Waals surface area contributed by atoms with E-state index in [0.29, 0.717) is 15.7 Å². The monoisotopic (exact) mass is 455 g/mol. The van der Waals surface area contributed by atoms with Gasteiger partial charge in [-0.3, -0.25) is 14.5 Å². The Morgan fingerprint density at radius 3 is 2.50 bits per heavy atom. The van der Waals surface area contributed by atoms with E-state index in [9.17, 15) is 22.8 Å². The van der Waals surface area contributed by atoms with Gasteiger partial charge in [-0.2, -0.15) is 13.2 Å². The van der Waals surface area contributed by atoms with Crippen LogP contribution in [0.2, 0.25) is 0 Å². The number of nitrogens with zero attached hydrogens (tertiary/aromatic N) is 1. The summed E-state index contributed by atoms with van der Waals surface area (Å²) < 4.78 is 51.5. The van der Waals surface area contributed by atoms with Crippen molar-refractivity contribution in [3.05, 3.63) is 63.6 Å². The zero-order chi connectivity index (χ0) is 20.1. The predicted molar refractivity (Wildman–Crippen MR) is 95.9 cm³/mol. The number of fused-ring (bicyclic) bond motifs is 2. The van der Waals surface area contributed by atoms with Gasteiger partial charge in [0.15, 0.2) is 5.78 Å². The summed E-state index contributed by atoms with van der Waals surface area (Å²) in [6, 6.07) is 9.42. The van der Waals surface area contributed by atoms with Crippen LogP contribution in [0.1, 0.15) is 21.5 Å². The van der Waals surface area contributed by atoms with E-state index in [1.54, 1.807) is 18.2 Å². The molecule has 0 atom stereocenters. The molecule has 0 unspecified atom stereocenters. The number of amides is 1. The van der Waals surface area contributed by atoms with Crippen molar-refractivity contribution in [2.24, 2.45) is 0 Å². The number of hydrogen-bond acceptors (Lipinski definition) is 4. The van der Waals surface area contributed by atoms with Crippen molar-refractivity contribution in [3.8, 4) is 0 Å². The maximum atomic E-state index is 13.2. The molecule has 1 fully saturated rings. The zero-order valence-electron chi connectivity index (χ0n) is 14.3. The number of hydrogen-bond donors (Lipinski definition) is 0. The molecule has 0 radical (unpaired) electrons. The van der Waals surface area contributed by atoms with E-state index in [2.05, 4.69) is 15.9 Å². The maximum Gasteiger partial charge on any atom is 0.417 e. The second kappa shape index (κ2) is 6.68. The Labute approximate surface area is 166 Å². The van der Waals surface area contributed by atoms with E-state index in [1.165, 1.54) is 12.1 Å². The molecular weight excluding hydrogens is 443 g/mol. The first-order chi connectivity index (χ1) is 13.2. The SMILES string of the molecule is O=C(CN1C(=O)C2(OCCO2)c2cc(Br)ccc21)c1ccccc1C(F)(F)F. The zero-order valence-corrected chi connectivity index (χ0v) is 15.8. The van der Waals surface area contributed by atoms with Gasteiger partial charge in [-0.15, -0.1) is 0 Å². The molecule has 9 heteroatoms. The number of alkyl halides is 3. The minimum absolute atomic E-state index is 0.191. The quantitative estimate of drug-likeness (QED) is 0.658. The minimum atomic E-state index is -4.68. The van der Waals surface area contributed by atoms with Crippen LogP contribution in [0.25, 0.3) is 0 Å². The molecule has 28 heavy (non-hydrogen) atoms. The highest BCUT2D eigenvalue weighted by Crippen LogP contribution is 2.46. The fourth-order valence-corrected chi connectivity index (χ4v) is 3.82. The average Bonchev–Trinajstić information content (AvgIpc) is 3.22. The molecule has 1 amide bonds. The summed E-state index contributed by atoms with van der Waals surface area (Å²) in [6.07, 6.45) is -4.68. The summed E-state index contributed by atoms with van der Waals surface area (Å²) in [4.78, 5) is 26.9. The highest BCUT2D eigenvalue weighted by atomic mass is 79.9. The third-order valence-corrected chi connectivity index (χ3v) is 5.15. The lowest BCUT2D eigenvalue weighted by atomic mass is 10.0. The minimum Gasteiger partial charge on any atom is -0.336 e. The van der Waals surface area contributed by atoms with Crippen LogP contribution >= 0.6 is 15.9 Å². The maximum absolute atomic E-state index is 13.2. The van der Waals surface area contributed by atoms with E-state index >= 15 is 0 Å². The van der Waals surface area contributed by atoms with Crippen molar-refractivity contribution in [1.82, 2.24) is 0 Å². The number of halogens is 4. The van der Waals surface area contributed by atoms with Crippen molar-refractivity contribution < 1.29 is 32.2 Å². The van der Waals surface area contributed by atoms with Gasteiger partial charge >= 0.3 is 6.18 Å². The van der Waals surface area contributed by atoms with Crippen LogP contribution in [0, 0.1) is 0 Å². The fourth-order valence-electron chi connectivity index (χ4n) is 3.46. The predicted octanol–water partition coefficient (Wildman–Crippen LogP) is 3.90. The van der Waals surface area contributed by atoms with Crippen molar-refractivity contribution in [3.63, 3.8) is 0 Å². The van der Waals surface area contributed by atoms with E-state index in [1.807, 2.05) is 0 Å². The molecule has 2 aliphatic heterocycles. The van der Waals surface area contributed by atoms with Gasteiger partial charge in [0.1, 0.15) is 0 Å². The van der Waals surface area contributed by atoms with Gasteiger partial charge in [0, 0.05) is 15.6 Å². The molecule has 0 bridgehead atoms. The van der Waals surface area contributed by atoms with Gasteiger partial charge < -0.3 is 9.47 Å². The normalized spacial score (nSPS) is 18.0. The van der Waals surface area contributed by atoms with Gasteiger partial charge in [0.2, 0.25) is 0 Å². The molecule has 5 nitrogen and oxygen atoms in total. The highest BCUT2D eigenvalue weighted by Gasteiger charge is 2.56. The van der Waals surface area contributed by atoms with E-state index in [0.717, 1.165) is 17.0 Å². The Hall–Kier alpha value is -2.23. The third-order valence-electron chi connectivity index (χ3n) is 4.66. The summed E-state index contributed by atoms with van der Waals surface area (Å²) in [7, 11) is 0. The molecule has 4 rings (SSSR count). The number of ketones is 1. The first kappa shape index (κ1) is 19.1. The largest absolute Gasteiger partial charge is 0.417 e. The van der Waals surface area contributed by atoms with Gasteiger partial charge in [0.25, 0.3) is 11.7 Å². The van der Waals surface area contributed by atoms with Crippen LogP contribution < -0.4 is 4.90 Å². The number of carbonyl (C=O) groups is 2. The summed E-state index contributed by atoms with van der Waals surface area (Å²) in [5, 5.41) is 0. The fraction of sp³-hybridized carbons (Fsp3) is 0.263. The molecule has 0 aliphatic carbocycles. The number of rotatable bonds is 3. The number of ether oxygens (including phenoxy) is 2. The molecule has 2 aromatic carbocycles. The molecule has 2 aliphatic rings. The Morgan fingerprint density at radius 1 is 1.14 bits per heavy atom. The highest BCUT2D eigenvalue weighted by molar-refractivity contribution is 9.10. The second-order valence-corrected chi connectivity index (χ2v) is 7.25. The van der Waals surface area contributed by atoms with Gasteiger partial charge in [-0.05, 0) is 24.3 Å². The van der Waals surface area contributed by atoms with Gasteiger partial charge in [0.05, 0.1) is 31.0 Å². The van der Waals surface area contributed by atoms with Gasteiger partial charge in [-0.25, -0.2) is 0 Å². The first-order valence-corrected chi connectivity index (χ1v) is 9.13. The third kappa shape index (κ3) is 2.94. The Bertz CT molecular complexity index is 970. The second-order valence-electron chi connectivity index (χ2n) is 6.33. The van der Waals surface area contributed by atoms with Crippen LogP contribution in [-0.2, 0) is 26.2 Å². The molecule has 1 saturated heterocycles. The molecule has 146 valence electrons. The van der Waals surface area contributed by atoms with Crippen LogP contribution in [0.3, 0.4) is 0 Å². The molecule has 1 spiro atoms. The average molecular weight is 456 g/mol. The summed E-state index contributed by atoms with van der Waals surface area (Å²) in [5.74, 6) is -3.12. The Morgan fingerprint density at radius 2 is 1.82 bits per heavy atom. The smallest absolute Gasteiger partial charge is 0.336 e. The molecule has 2 heterocycles. The lowest BCUT2D eigenvalue weighted by molar-refractivity contribution is -0.180. The van der Waals surface area contributed by atoms with E-state index in [-0.39, 0.29) is 13.2 Å². The van der Waals surface area contributed by atoms with Crippen molar-refractivity contribution in [2.75, 3.05) is 24.7 Å². The van der Waals surface area contributed by atoms with Crippen molar-refractivity contribution >= 4 is 33.3 Å². The van der Waals surface area contributed by atoms with Crippen molar-refractivity contribution in [2.45, 2.75) is 12.0 Å².